The third-order valence-corrected chi connectivity index (χ3v) is 12.0. The van der Waals surface area contributed by atoms with Gasteiger partial charge in [0.25, 0.3) is 0 Å². The highest BCUT2D eigenvalue weighted by molar-refractivity contribution is 7.71. The summed E-state index contributed by atoms with van der Waals surface area (Å²) in [6.07, 6.45) is 13.0. The van der Waals surface area contributed by atoms with Crippen LogP contribution in [0.15, 0.2) is 55.2 Å². The maximum Gasteiger partial charge on any atom is 0.229 e. The number of fused-ring (bicyclic) bond motifs is 1. The van der Waals surface area contributed by atoms with E-state index in [-0.39, 0.29) is 6.67 Å². The van der Waals surface area contributed by atoms with Gasteiger partial charge in [-0.3, -0.25) is 14.6 Å². The molecule has 0 amide bonds. The zero-order chi connectivity index (χ0) is 35.8. The van der Waals surface area contributed by atoms with Crippen LogP contribution in [0.1, 0.15) is 25.7 Å². The molecule has 2 aliphatic rings. The Kier molecular flexibility index (Phi) is 9.88. The second-order valence-corrected chi connectivity index (χ2v) is 17.4. The Hall–Kier alpha value is -4.32. The van der Waals surface area contributed by atoms with E-state index in [0.29, 0.717) is 62.2 Å². The normalized spacial score (nSPS) is 16.5. The first-order valence-corrected chi connectivity index (χ1v) is 20.1. The number of anilines is 5. The number of hydrogen-bond donors (Lipinski definition) is 2. The van der Waals surface area contributed by atoms with Crippen LogP contribution in [-0.2, 0) is 11.6 Å². The van der Waals surface area contributed by atoms with Crippen molar-refractivity contribution in [3.8, 4) is 16.9 Å². The first-order chi connectivity index (χ1) is 24.6. The minimum absolute atomic E-state index is 0.281. The van der Waals surface area contributed by atoms with Crippen molar-refractivity contribution in [1.29, 1.82) is 0 Å². The Morgan fingerprint density at radius 1 is 0.980 bits per heavy atom. The van der Waals surface area contributed by atoms with Gasteiger partial charge in [-0.25, -0.2) is 9.37 Å². The van der Waals surface area contributed by atoms with Gasteiger partial charge in [-0.15, -0.1) is 0 Å². The highest BCUT2D eigenvalue weighted by Gasteiger charge is 2.38. The van der Waals surface area contributed by atoms with Gasteiger partial charge in [-0.1, -0.05) is 11.6 Å². The van der Waals surface area contributed by atoms with Gasteiger partial charge in [0.05, 0.1) is 41.7 Å². The molecule has 1 spiro atoms. The monoisotopic (exact) mass is 732 g/mol. The Balaban J connectivity index is 1.18. The molecule has 12 nitrogen and oxygen atoms in total. The highest BCUT2D eigenvalue weighted by Crippen LogP contribution is 2.46. The number of benzene rings is 2. The number of hydrogen-bond acceptors (Lipinski definition) is 11. The van der Waals surface area contributed by atoms with Crippen molar-refractivity contribution < 1.29 is 13.7 Å². The van der Waals surface area contributed by atoms with E-state index < -0.39 is 7.14 Å². The molecule has 0 atom stereocenters. The van der Waals surface area contributed by atoms with E-state index in [1.54, 1.807) is 37.5 Å². The Labute approximate surface area is 302 Å². The zero-order valence-electron chi connectivity index (χ0n) is 29.4. The van der Waals surface area contributed by atoms with Crippen molar-refractivity contribution in [3.63, 3.8) is 0 Å². The molecule has 2 aromatic carbocycles. The van der Waals surface area contributed by atoms with Gasteiger partial charge in [-0.2, -0.15) is 10.1 Å². The lowest BCUT2D eigenvalue weighted by Gasteiger charge is -2.47. The van der Waals surface area contributed by atoms with Gasteiger partial charge in [0.2, 0.25) is 5.95 Å². The lowest BCUT2D eigenvalue weighted by atomic mass is 9.71. The molecule has 2 aliphatic heterocycles. The molecule has 2 saturated heterocycles. The molecule has 3 aromatic heterocycles. The molecule has 2 fully saturated rings. The predicted molar refractivity (Wildman–Crippen MR) is 203 cm³/mol. The minimum Gasteiger partial charge on any atom is -0.494 e. The molecule has 51 heavy (non-hydrogen) atoms. The van der Waals surface area contributed by atoms with Crippen LogP contribution < -0.4 is 25.6 Å². The number of halogens is 2. The van der Waals surface area contributed by atoms with Crippen LogP contribution in [0.3, 0.4) is 0 Å². The summed E-state index contributed by atoms with van der Waals surface area (Å²) in [5.41, 5.74) is 5.85. The van der Waals surface area contributed by atoms with Crippen molar-refractivity contribution in [3.05, 3.63) is 60.3 Å². The van der Waals surface area contributed by atoms with Crippen LogP contribution >= 0.6 is 18.7 Å². The number of likely N-dealkylation sites (tertiary alicyclic amines) is 1. The molecule has 0 saturated carbocycles. The third kappa shape index (κ3) is 7.38. The lowest BCUT2D eigenvalue weighted by molar-refractivity contribution is 0.0764. The smallest absolute Gasteiger partial charge is 0.229 e. The fraction of sp³-hybridized carbons (Fsp3) is 0.417. The average Bonchev–Trinajstić information content (AvgIpc) is 3.56. The lowest BCUT2D eigenvalue weighted by Crippen LogP contribution is -2.47. The van der Waals surface area contributed by atoms with Gasteiger partial charge in [0.15, 0.2) is 5.82 Å². The quantitative estimate of drug-likeness (QED) is 0.146. The van der Waals surface area contributed by atoms with Gasteiger partial charge in [0, 0.05) is 68.2 Å². The number of aryl methyl sites for hydroxylation is 1. The minimum atomic E-state index is -2.80. The van der Waals surface area contributed by atoms with E-state index in [1.807, 2.05) is 31.6 Å². The maximum absolute atomic E-state index is 13.5. The first kappa shape index (κ1) is 35.1. The second-order valence-electron chi connectivity index (χ2n) is 13.9. The van der Waals surface area contributed by atoms with E-state index >= 15 is 0 Å². The maximum atomic E-state index is 13.5. The van der Waals surface area contributed by atoms with E-state index in [4.69, 9.17) is 21.3 Å². The fourth-order valence-electron chi connectivity index (χ4n) is 7.41. The molecule has 0 unspecified atom stereocenters. The van der Waals surface area contributed by atoms with Crippen molar-refractivity contribution in [2.45, 2.75) is 25.7 Å². The Morgan fingerprint density at radius 3 is 2.41 bits per heavy atom. The van der Waals surface area contributed by atoms with Crippen molar-refractivity contribution in [2.24, 2.45) is 12.5 Å². The number of ether oxygens (including phenoxy) is 1. The molecular weight excluding hydrogens is 690 g/mol. The third-order valence-electron chi connectivity index (χ3n) is 10.2. The van der Waals surface area contributed by atoms with Gasteiger partial charge >= 0.3 is 0 Å². The zero-order valence-corrected chi connectivity index (χ0v) is 31.0. The average molecular weight is 733 g/mol. The molecule has 0 bridgehead atoms. The predicted octanol–water partition coefficient (Wildman–Crippen LogP) is 6.87. The number of aromatic nitrogens is 6. The number of nitrogens with zero attached hydrogens (tertiary/aromatic N) is 8. The number of rotatable bonds is 10. The van der Waals surface area contributed by atoms with Crippen molar-refractivity contribution >= 4 is 63.9 Å². The molecule has 5 aromatic rings. The van der Waals surface area contributed by atoms with Crippen LogP contribution in [0.25, 0.3) is 22.2 Å². The van der Waals surface area contributed by atoms with Crippen LogP contribution in [0.2, 0.25) is 5.02 Å². The molecule has 7 rings (SSSR count). The summed E-state index contributed by atoms with van der Waals surface area (Å²) in [6, 6.07) is 7.77. The van der Waals surface area contributed by atoms with Gasteiger partial charge in [-0.05, 0) is 75.7 Å². The summed E-state index contributed by atoms with van der Waals surface area (Å²) in [5.74, 6) is 1.27. The van der Waals surface area contributed by atoms with Gasteiger partial charge < -0.3 is 29.7 Å². The van der Waals surface area contributed by atoms with Crippen LogP contribution in [0, 0.1) is 5.41 Å². The molecule has 0 radical (unpaired) electrons. The molecule has 5 heterocycles. The van der Waals surface area contributed by atoms with E-state index in [0.717, 1.165) is 68.7 Å². The van der Waals surface area contributed by atoms with E-state index in [9.17, 15) is 8.96 Å². The number of methoxy groups -OCH3 is 1. The van der Waals surface area contributed by atoms with Crippen LogP contribution in [0.5, 0.6) is 5.75 Å². The molecule has 0 aliphatic carbocycles. The molecular formula is C36H43ClFN10O2P. The molecule has 15 heteroatoms. The molecule has 2 N–H and O–H groups in total. The summed E-state index contributed by atoms with van der Waals surface area (Å²) >= 11 is 6.61. The molecule has 268 valence electrons. The standard InChI is InChI=1S/C36H43ClFN10O2P/c1-46-23-24(21-42-46)25-19-29(31(50-2)20-30(25)48-16-9-36(10-17-48)7-14-47(15-8-36)18-11-38)44-35-41-22-26(37)34(45-35)43-28-6-5-27-32(40-13-12-39-27)33(28)51(3,4)49/h5-6,12-13,19-23H,7-11,14-18H2,1-4H3,(H2,41,43,44,45). The van der Waals surface area contributed by atoms with Crippen LogP contribution in [0.4, 0.5) is 33.2 Å². The number of nitrogens with one attached hydrogen (secondary N) is 2. The SMILES string of the molecule is COc1cc(N2CCC3(CCN(CCF)CC3)CC2)c(-c2cnn(C)c2)cc1Nc1ncc(Cl)c(Nc2ccc3nccnc3c2P(C)(C)=O)n1. The largest absolute Gasteiger partial charge is 0.494 e. The number of piperidine rings is 2. The first-order valence-electron chi connectivity index (χ1n) is 17.2. The topological polar surface area (TPSA) is 126 Å². The van der Waals surface area contributed by atoms with Crippen LogP contribution in [-0.4, -0.2) is 94.5 Å². The summed E-state index contributed by atoms with van der Waals surface area (Å²) < 4.78 is 34.2. The summed E-state index contributed by atoms with van der Waals surface area (Å²) in [4.78, 5) is 22.8. The highest BCUT2D eigenvalue weighted by atomic mass is 35.5. The fourth-order valence-corrected chi connectivity index (χ4v) is 8.94. The van der Waals surface area contributed by atoms with Crippen molar-refractivity contribution in [2.75, 3.05) is 75.4 Å². The van der Waals surface area contributed by atoms with Crippen molar-refractivity contribution in [1.82, 2.24) is 34.6 Å². The Morgan fingerprint density at radius 2 is 1.73 bits per heavy atom. The Bertz CT molecular complexity index is 2090. The summed E-state index contributed by atoms with van der Waals surface area (Å²) in [6.45, 7) is 7.45. The summed E-state index contributed by atoms with van der Waals surface area (Å²) in [5, 5.41) is 12.0. The number of alkyl halides is 1. The van der Waals surface area contributed by atoms with Gasteiger partial charge in [0.1, 0.15) is 30.1 Å². The summed E-state index contributed by atoms with van der Waals surface area (Å²) in [7, 11) is 0.754. The van der Waals surface area contributed by atoms with E-state index in [1.165, 1.54) is 6.20 Å². The van der Waals surface area contributed by atoms with E-state index in [2.05, 4.69) is 52.6 Å². The second kappa shape index (κ2) is 14.4.